The lowest BCUT2D eigenvalue weighted by molar-refractivity contribution is 0.0874. The number of aryl methyl sites for hydroxylation is 2. The van der Waals surface area contributed by atoms with Gasteiger partial charge in [0.2, 0.25) is 5.43 Å². The van der Waals surface area contributed by atoms with Crippen molar-refractivity contribution in [3.63, 3.8) is 0 Å². The van der Waals surface area contributed by atoms with E-state index >= 15 is 0 Å². The molecule has 0 aliphatic carbocycles. The number of aromatic nitrogens is 2. The minimum absolute atomic E-state index is 0.0195. The first-order valence-corrected chi connectivity index (χ1v) is 10.0. The Balaban J connectivity index is 1.65. The molecule has 1 N–H and O–H groups in total. The van der Waals surface area contributed by atoms with Gasteiger partial charge in [0, 0.05) is 30.1 Å². The van der Waals surface area contributed by atoms with Gasteiger partial charge in [0.05, 0.1) is 5.52 Å². The van der Waals surface area contributed by atoms with Crippen LogP contribution in [0.15, 0.2) is 23.0 Å². The van der Waals surface area contributed by atoms with Crippen LogP contribution in [0.4, 0.5) is 0 Å². The second-order valence-corrected chi connectivity index (χ2v) is 8.11. The number of hydrogen-bond donors (Lipinski definition) is 1. The van der Waals surface area contributed by atoms with Gasteiger partial charge in [-0.1, -0.05) is 13.0 Å². The fraction of sp³-hybridized carbons (Fsp3) is 0.571. The first-order chi connectivity index (χ1) is 13.0. The summed E-state index contributed by atoms with van der Waals surface area (Å²) in [6, 6.07) is 6.90. The first kappa shape index (κ1) is 18.2. The Kier molecular flexibility index (Phi) is 4.76. The van der Waals surface area contributed by atoms with Crippen molar-refractivity contribution >= 4 is 16.8 Å². The van der Waals surface area contributed by atoms with E-state index < -0.39 is 0 Å². The smallest absolute Gasteiger partial charge is 0.276 e. The monoisotopic (exact) mass is 368 g/mol. The van der Waals surface area contributed by atoms with Crippen molar-refractivity contribution in [2.24, 2.45) is 0 Å². The van der Waals surface area contributed by atoms with Crippen LogP contribution in [-0.4, -0.2) is 45.8 Å². The molecular formula is C21H28N4O2. The average Bonchev–Trinajstić information content (AvgIpc) is 2.85. The van der Waals surface area contributed by atoms with Crippen LogP contribution < -0.4 is 10.7 Å². The van der Waals surface area contributed by atoms with Crippen molar-refractivity contribution in [1.82, 2.24) is 20.0 Å². The highest BCUT2D eigenvalue weighted by atomic mass is 16.2. The Morgan fingerprint density at radius 1 is 1.26 bits per heavy atom. The second-order valence-electron chi connectivity index (χ2n) is 8.11. The van der Waals surface area contributed by atoms with Gasteiger partial charge >= 0.3 is 0 Å². The SMILES string of the molecule is CCCn1nc(C(=O)NC2C[C@H]3CC[C@@H](C2)N3C)c(=O)c2ccc(C)cc21. The molecule has 2 bridgehead atoms. The van der Waals surface area contributed by atoms with Gasteiger partial charge in [0.25, 0.3) is 5.91 Å². The Morgan fingerprint density at radius 3 is 2.63 bits per heavy atom. The molecule has 1 aromatic heterocycles. The molecule has 2 aromatic rings. The molecule has 1 aromatic carbocycles. The van der Waals surface area contributed by atoms with Crippen molar-refractivity contribution in [1.29, 1.82) is 0 Å². The highest BCUT2D eigenvalue weighted by Gasteiger charge is 2.39. The highest BCUT2D eigenvalue weighted by molar-refractivity contribution is 5.95. The second kappa shape index (κ2) is 7.08. The molecular weight excluding hydrogens is 340 g/mol. The van der Waals surface area contributed by atoms with E-state index in [1.165, 1.54) is 12.8 Å². The number of carbonyl (C=O) groups excluding carboxylic acids is 1. The molecule has 6 heteroatoms. The predicted octanol–water partition coefficient (Wildman–Crippen LogP) is 2.47. The molecule has 0 saturated carbocycles. The maximum absolute atomic E-state index is 12.9. The molecule has 3 heterocycles. The van der Waals surface area contributed by atoms with Crippen molar-refractivity contribution in [2.75, 3.05) is 7.05 Å². The lowest BCUT2D eigenvalue weighted by Gasteiger charge is -2.36. The molecule has 6 nitrogen and oxygen atoms in total. The molecule has 4 rings (SSSR count). The Hall–Kier alpha value is -2.21. The quantitative estimate of drug-likeness (QED) is 0.900. The summed E-state index contributed by atoms with van der Waals surface area (Å²) in [7, 11) is 2.18. The van der Waals surface area contributed by atoms with Gasteiger partial charge in [-0.05, 0) is 63.8 Å². The van der Waals surface area contributed by atoms with Gasteiger partial charge < -0.3 is 10.2 Å². The topological polar surface area (TPSA) is 67.2 Å². The third-order valence-electron chi connectivity index (χ3n) is 6.20. The number of nitrogens with one attached hydrogen (secondary N) is 1. The van der Waals surface area contributed by atoms with E-state index in [4.69, 9.17) is 0 Å². The van der Waals surface area contributed by atoms with Gasteiger partial charge in [0.1, 0.15) is 0 Å². The molecule has 1 amide bonds. The summed E-state index contributed by atoms with van der Waals surface area (Å²) in [4.78, 5) is 28.3. The van der Waals surface area contributed by atoms with Gasteiger partial charge in [-0.2, -0.15) is 5.10 Å². The summed E-state index contributed by atoms with van der Waals surface area (Å²) in [5, 5.41) is 8.12. The Labute approximate surface area is 159 Å². The lowest BCUT2D eigenvalue weighted by atomic mass is 9.98. The van der Waals surface area contributed by atoms with Crippen LogP contribution in [-0.2, 0) is 6.54 Å². The zero-order valence-corrected chi connectivity index (χ0v) is 16.4. The molecule has 3 atom stereocenters. The zero-order valence-electron chi connectivity index (χ0n) is 16.4. The maximum Gasteiger partial charge on any atom is 0.276 e. The summed E-state index contributed by atoms with van der Waals surface area (Å²) in [5.41, 5.74) is 1.63. The number of rotatable bonds is 4. The number of amides is 1. The van der Waals surface area contributed by atoms with Crippen molar-refractivity contribution in [2.45, 2.75) is 70.6 Å². The van der Waals surface area contributed by atoms with Gasteiger partial charge in [0.15, 0.2) is 5.69 Å². The van der Waals surface area contributed by atoms with E-state index in [1.54, 1.807) is 4.68 Å². The Morgan fingerprint density at radius 2 is 1.96 bits per heavy atom. The van der Waals surface area contributed by atoms with Gasteiger partial charge in [-0.3, -0.25) is 14.3 Å². The van der Waals surface area contributed by atoms with Gasteiger partial charge in [-0.15, -0.1) is 0 Å². The molecule has 2 aliphatic heterocycles. The van der Waals surface area contributed by atoms with Crippen LogP contribution >= 0.6 is 0 Å². The highest BCUT2D eigenvalue weighted by Crippen LogP contribution is 2.34. The molecule has 0 spiro atoms. The number of fused-ring (bicyclic) bond motifs is 3. The number of carbonyl (C=O) groups is 1. The summed E-state index contributed by atoms with van der Waals surface area (Å²) >= 11 is 0. The summed E-state index contributed by atoms with van der Waals surface area (Å²) in [5.74, 6) is -0.332. The average molecular weight is 368 g/mol. The maximum atomic E-state index is 12.9. The number of nitrogens with zero attached hydrogens (tertiary/aromatic N) is 3. The number of hydrogen-bond acceptors (Lipinski definition) is 4. The van der Waals surface area contributed by atoms with Crippen LogP contribution in [0.1, 0.15) is 55.1 Å². The third kappa shape index (κ3) is 3.27. The lowest BCUT2D eigenvalue weighted by Crippen LogP contribution is -2.49. The minimum atomic E-state index is -0.332. The molecule has 2 fully saturated rings. The van der Waals surface area contributed by atoms with Crippen LogP contribution in [0.5, 0.6) is 0 Å². The van der Waals surface area contributed by atoms with E-state index in [0.717, 1.165) is 30.3 Å². The van der Waals surface area contributed by atoms with E-state index in [2.05, 4.69) is 29.3 Å². The van der Waals surface area contributed by atoms with Crippen LogP contribution in [0.2, 0.25) is 0 Å². The Bertz CT molecular complexity index is 922. The van der Waals surface area contributed by atoms with Crippen molar-refractivity contribution in [3.8, 4) is 0 Å². The van der Waals surface area contributed by atoms with Gasteiger partial charge in [-0.25, -0.2) is 0 Å². The van der Waals surface area contributed by atoms with Crippen LogP contribution in [0.3, 0.4) is 0 Å². The fourth-order valence-electron chi connectivity index (χ4n) is 4.71. The summed E-state index contributed by atoms with van der Waals surface area (Å²) in [6.07, 6.45) is 5.19. The summed E-state index contributed by atoms with van der Waals surface area (Å²) in [6.45, 7) is 4.74. The van der Waals surface area contributed by atoms with E-state index in [9.17, 15) is 9.59 Å². The minimum Gasteiger partial charge on any atom is -0.348 e. The fourth-order valence-corrected chi connectivity index (χ4v) is 4.71. The molecule has 144 valence electrons. The number of piperidine rings is 1. The standard InChI is InChI=1S/C21H28N4O2/c1-4-9-25-18-10-13(2)5-8-17(18)20(26)19(23-25)21(27)22-14-11-15-6-7-16(12-14)24(15)3/h5,8,10,14-16H,4,6-7,9,11-12H2,1-3H3,(H,22,27)/t14?,15-,16+. The molecule has 1 unspecified atom stereocenters. The third-order valence-corrected chi connectivity index (χ3v) is 6.20. The summed E-state index contributed by atoms with van der Waals surface area (Å²) < 4.78 is 1.80. The molecule has 27 heavy (non-hydrogen) atoms. The van der Waals surface area contributed by atoms with Crippen molar-refractivity contribution in [3.05, 3.63) is 39.7 Å². The predicted molar refractivity (Wildman–Crippen MR) is 106 cm³/mol. The van der Waals surface area contributed by atoms with Crippen LogP contribution in [0, 0.1) is 6.92 Å². The van der Waals surface area contributed by atoms with E-state index in [-0.39, 0.29) is 23.1 Å². The zero-order chi connectivity index (χ0) is 19.1. The number of benzene rings is 1. The van der Waals surface area contributed by atoms with Crippen molar-refractivity contribution < 1.29 is 4.79 Å². The molecule has 2 aliphatic rings. The first-order valence-electron chi connectivity index (χ1n) is 10.0. The van der Waals surface area contributed by atoms with Crippen LogP contribution in [0.25, 0.3) is 10.9 Å². The largest absolute Gasteiger partial charge is 0.348 e. The normalized spacial score (nSPS) is 25.1. The molecule has 2 saturated heterocycles. The van der Waals surface area contributed by atoms with E-state index in [0.29, 0.717) is 24.0 Å². The molecule has 0 radical (unpaired) electrons. The van der Waals surface area contributed by atoms with E-state index in [1.807, 2.05) is 25.1 Å².